The molecular weight excluding hydrogens is 308 g/mol. The summed E-state index contributed by atoms with van der Waals surface area (Å²) >= 11 is 0. The molecule has 0 amide bonds. The number of nitrogens with one attached hydrogen (secondary N) is 1. The maximum atomic E-state index is 12.2. The van der Waals surface area contributed by atoms with Crippen LogP contribution in [0.15, 0.2) is 24.3 Å². The lowest BCUT2D eigenvalue weighted by atomic mass is 10.00. The highest BCUT2D eigenvalue weighted by Crippen LogP contribution is 2.19. The summed E-state index contributed by atoms with van der Waals surface area (Å²) in [6, 6.07) is 8.34. The maximum Gasteiger partial charge on any atom is 0.215 e. The van der Waals surface area contributed by atoms with E-state index in [-0.39, 0.29) is 5.75 Å². The first-order valence-corrected chi connectivity index (χ1v) is 10.4. The van der Waals surface area contributed by atoms with E-state index in [1.807, 2.05) is 31.2 Å². The summed E-state index contributed by atoms with van der Waals surface area (Å²) in [5.41, 5.74) is 1.90. The van der Waals surface area contributed by atoms with Crippen LogP contribution >= 0.6 is 0 Å². The van der Waals surface area contributed by atoms with Crippen molar-refractivity contribution < 1.29 is 8.42 Å². The van der Waals surface area contributed by atoms with Crippen LogP contribution in [0.3, 0.4) is 0 Å². The number of aryl methyl sites for hydroxylation is 1. The predicted octanol–water partition coefficient (Wildman–Crippen LogP) is 3.07. The van der Waals surface area contributed by atoms with E-state index < -0.39 is 10.0 Å². The molecule has 130 valence electrons. The lowest BCUT2D eigenvalue weighted by Crippen LogP contribution is -2.40. The lowest BCUT2D eigenvalue weighted by molar-refractivity contribution is 0.143. The van der Waals surface area contributed by atoms with Gasteiger partial charge in [0.1, 0.15) is 0 Å². The van der Waals surface area contributed by atoms with Crippen LogP contribution in [0.25, 0.3) is 0 Å². The summed E-state index contributed by atoms with van der Waals surface area (Å²) < 4.78 is 27.2. The monoisotopic (exact) mass is 338 g/mol. The van der Waals surface area contributed by atoms with E-state index in [0.29, 0.717) is 12.6 Å². The Labute approximate surface area is 141 Å². The Morgan fingerprint density at radius 3 is 2.78 bits per heavy atom. The molecule has 0 bridgehead atoms. The fourth-order valence-electron chi connectivity index (χ4n) is 3.35. The molecular formula is C18H30N2O2S. The van der Waals surface area contributed by atoms with E-state index in [9.17, 15) is 8.42 Å². The molecule has 0 radical (unpaired) electrons. The van der Waals surface area contributed by atoms with Crippen molar-refractivity contribution in [3.8, 4) is 0 Å². The quantitative estimate of drug-likeness (QED) is 0.741. The molecule has 1 fully saturated rings. The van der Waals surface area contributed by atoms with Crippen molar-refractivity contribution in [2.24, 2.45) is 0 Å². The van der Waals surface area contributed by atoms with Gasteiger partial charge in [0.15, 0.2) is 0 Å². The summed E-state index contributed by atoms with van der Waals surface area (Å²) in [6.07, 6.45) is 5.96. The first-order valence-electron chi connectivity index (χ1n) is 8.77. The van der Waals surface area contributed by atoms with Crippen molar-refractivity contribution in [3.05, 3.63) is 35.4 Å². The number of hydrogen-bond acceptors (Lipinski definition) is 3. The summed E-state index contributed by atoms with van der Waals surface area (Å²) in [6.45, 7) is 6.88. The molecule has 1 aliphatic heterocycles. The summed E-state index contributed by atoms with van der Waals surface area (Å²) in [5, 5.41) is 0. The third kappa shape index (κ3) is 5.90. The van der Waals surface area contributed by atoms with E-state index in [2.05, 4.69) is 16.5 Å². The zero-order chi connectivity index (χ0) is 16.7. The van der Waals surface area contributed by atoms with Crippen molar-refractivity contribution in [2.45, 2.75) is 57.7 Å². The number of rotatable bonds is 8. The highest BCUT2D eigenvalue weighted by molar-refractivity contribution is 7.88. The normalized spacial score (nSPS) is 19.8. The molecule has 0 aromatic heterocycles. The Hall–Kier alpha value is -0.910. The van der Waals surface area contributed by atoms with E-state index in [4.69, 9.17) is 0 Å². The molecule has 1 aromatic rings. The zero-order valence-electron chi connectivity index (χ0n) is 14.4. The molecule has 1 heterocycles. The van der Waals surface area contributed by atoms with Gasteiger partial charge in [0.25, 0.3) is 0 Å². The number of likely N-dealkylation sites (tertiary alicyclic amines) is 1. The zero-order valence-corrected chi connectivity index (χ0v) is 15.2. The topological polar surface area (TPSA) is 49.4 Å². The van der Waals surface area contributed by atoms with Gasteiger partial charge in [-0.15, -0.1) is 0 Å². The second kappa shape index (κ2) is 8.81. The molecule has 0 unspecified atom stereocenters. The number of hydrogen-bond donors (Lipinski definition) is 1. The molecule has 23 heavy (non-hydrogen) atoms. The fraction of sp³-hybridized carbons (Fsp3) is 0.667. The second-order valence-electron chi connectivity index (χ2n) is 6.53. The number of sulfonamides is 1. The Balaban J connectivity index is 1.75. The van der Waals surface area contributed by atoms with Crippen LogP contribution in [0.4, 0.5) is 0 Å². The lowest BCUT2D eigenvalue weighted by Gasteiger charge is -2.35. The largest absolute Gasteiger partial charge is 0.300 e. The average molecular weight is 339 g/mol. The first kappa shape index (κ1) is 18.4. The van der Waals surface area contributed by atoms with Gasteiger partial charge in [-0.1, -0.05) is 37.6 Å². The maximum absolute atomic E-state index is 12.2. The van der Waals surface area contributed by atoms with Crippen molar-refractivity contribution in [2.75, 3.05) is 19.6 Å². The molecule has 0 spiro atoms. The molecule has 1 atom stereocenters. The molecule has 1 aliphatic rings. The van der Waals surface area contributed by atoms with Crippen LogP contribution in [-0.2, 0) is 15.8 Å². The van der Waals surface area contributed by atoms with Crippen LogP contribution in [0.1, 0.15) is 50.2 Å². The van der Waals surface area contributed by atoms with Gasteiger partial charge in [0.05, 0.1) is 5.75 Å². The second-order valence-corrected chi connectivity index (χ2v) is 8.33. The Morgan fingerprint density at radius 2 is 2.04 bits per heavy atom. The minimum absolute atomic E-state index is 0.0704. The highest BCUT2D eigenvalue weighted by atomic mass is 32.2. The van der Waals surface area contributed by atoms with Gasteiger partial charge in [-0.3, -0.25) is 0 Å². The van der Waals surface area contributed by atoms with E-state index in [1.54, 1.807) is 0 Å². The van der Waals surface area contributed by atoms with Crippen molar-refractivity contribution in [3.63, 3.8) is 0 Å². The molecule has 2 rings (SSSR count). The van der Waals surface area contributed by atoms with Crippen LogP contribution in [0.2, 0.25) is 0 Å². The Morgan fingerprint density at radius 1 is 1.26 bits per heavy atom. The number of piperidine rings is 1. The SMILES string of the molecule is CC[C@@H]1CCCCN1CCCNS(=O)(=O)Cc1ccccc1C. The summed E-state index contributed by atoms with van der Waals surface area (Å²) in [5.74, 6) is 0.0704. The van der Waals surface area contributed by atoms with E-state index in [0.717, 1.165) is 30.6 Å². The van der Waals surface area contributed by atoms with Gasteiger partial charge in [-0.05, 0) is 56.8 Å². The van der Waals surface area contributed by atoms with Gasteiger partial charge in [-0.25, -0.2) is 13.1 Å². The van der Waals surface area contributed by atoms with Crippen LogP contribution in [0, 0.1) is 6.92 Å². The summed E-state index contributed by atoms with van der Waals surface area (Å²) in [7, 11) is -3.25. The predicted molar refractivity (Wildman–Crippen MR) is 95.9 cm³/mol. The third-order valence-electron chi connectivity index (χ3n) is 4.77. The minimum atomic E-state index is -3.25. The van der Waals surface area contributed by atoms with Crippen molar-refractivity contribution in [1.29, 1.82) is 0 Å². The molecule has 1 saturated heterocycles. The van der Waals surface area contributed by atoms with Crippen molar-refractivity contribution in [1.82, 2.24) is 9.62 Å². The molecule has 1 aromatic carbocycles. The highest BCUT2D eigenvalue weighted by Gasteiger charge is 2.20. The molecule has 5 heteroatoms. The molecule has 0 saturated carbocycles. The molecule has 1 N–H and O–H groups in total. The van der Waals surface area contributed by atoms with Gasteiger partial charge in [0, 0.05) is 12.6 Å². The fourth-order valence-corrected chi connectivity index (χ4v) is 4.65. The standard InChI is InChI=1S/C18H30N2O2S/c1-3-18-11-6-7-13-20(18)14-8-12-19-23(21,22)15-17-10-5-4-9-16(17)2/h4-5,9-10,18-19H,3,6-8,11-15H2,1-2H3/t18-/m1/s1. The van der Waals surface area contributed by atoms with Gasteiger partial charge >= 0.3 is 0 Å². The van der Waals surface area contributed by atoms with Gasteiger partial charge in [0.2, 0.25) is 10.0 Å². The Bertz CT molecular complexity index is 586. The van der Waals surface area contributed by atoms with Crippen LogP contribution in [-0.4, -0.2) is 39.0 Å². The third-order valence-corrected chi connectivity index (χ3v) is 6.11. The Kier molecular flexibility index (Phi) is 7.06. The van der Waals surface area contributed by atoms with E-state index in [1.165, 1.54) is 25.7 Å². The number of benzene rings is 1. The van der Waals surface area contributed by atoms with Gasteiger partial charge in [-0.2, -0.15) is 0 Å². The first-order chi connectivity index (χ1) is 11.0. The van der Waals surface area contributed by atoms with Crippen LogP contribution < -0.4 is 4.72 Å². The average Bonchev–Trinajstić information content (AvgIpc) is 2.54. The molecule has 0 aliphatic carbocycles. The summed E-state index contributed by atoms with van der Waals surface area (Å²) in [4.78, 5) is 2.53. The van der Waals surface area contributed by atoms with Crippen molar-refractivity contribution >= 4 is 10.0 Å². The van der Waals surface area contributed by atoms with E-state index >= 15 is 0 Å². The minimum Gasteiger partial charge on any atom is -0.300 e. The van der Waals surface area contributed by atoms with Crippen LogP contribution in [0.5, 0.6) is 0 Å². The number of nitrogens with zero attached hydrogens (tertiary/aromatic N) is 1. The van der Waals surface area contributed by atoms with Gasteiger partial charge < -0.3 is 4.90 Å². The smallest absolute Gasteiger partial charge is 0.215 e. The molecule has 4 nitrogen and oxygen atoms in total.